The second-order valence-electron chi connectivity index (χ2n) is 5.15. The summed E-state index contributed by atoms with van der Waals surface area (Å²) < 4.78 is 2.02. The van der Waals surface area contributed by atoms with Gasteiger partial charge in [0.1, 0.15) is 0 Å². The van der Waals surface area contributed by atoms with Crippen LogP contribution in [0.3, 0.4) is 0 Å². The first-order valence-electron chi connectivity index (χ1n) is 6.97. The van der Waals surface area contributed by atoms with Crippen LogP contribution in [0, 0.1) is 6.92 Å². The molecule has 0 spiro atoms. The van der Waals surface area contributed by atoms with Crippen LogP contribution < -0.4 is 0 Å². The van der Waals surface area contributed by atoms with Crippen molar-refractivity contribution >= 4 is 23.4 Å². The molecule has 0 fully saturated rings. The monoisotopic (exact) mass is 329 g/mol. The van der Waals surface area contributed by atoms with Crippen LogP contribution in [0.25, 0.3) is 11.4 Å². The van der Waals surface area contributed by atoms with Crippen LogP contribution in [0.1, 0.15) is 11.1 Å². The Bertz CT molecular complexity index is 764. The predicted octanol–water partition coefficient (Wildman–Crippen LogP) is 4.74. The summed E-state index contributed by atoms with van der Waals surface area (Å²) in [7, 11) is 1.99. The summed E-state index contributed by atoms with van der Waals surface area (Å²) in [6.07, 6.45) is 0. The molecular formula is C17H16ClN3S. The topological polar surface area (TPSA) is 30.7 Å². The molecule has 3 rings (SSSR count). The zero-order valence-electron chi connectivity index (χ0n) is 12.5. The quantitative estimate of drug-likeness (QED) is 0.648. The Labute approximate surface area is 139 Å². The normalized spacial score (nSPS) is 10.9. The van der Waals surface area contributed by atoms with E-state index in [1.165, 1.54) is 11.1 Å². The fourth-order valence-corrected chi connectivity index (χ4v) is 3.12. The summed E-state index contributed by atoms with van der Waals surface area (Å²) in [4.78, 5) is 0. The Balaban J connectivity index is 1.75. The van der Waals surface area contributed by atoms with Crippen molar-refractivity contribution in [1.29, 1.82) is 0 Å². The smallest absolute Gasteiger partial charge is 0.191 e. The highest BCUT2D eigenvalue weighted by Gasteiger charge is 2.11. The summed E-state index contributed by atoms with van der Waals surface area (Å²) in [6.45, 7) is 2.10. The highest BCUT2D eigenvalue weighted by molar-refractivity contribution is 7.98. The number of aromatic nitrogens is 3. The first-order chi connectivity index (χ1) is 10.6. The number of thioether (sulfide) groups is 1. The highest BCUT2D eigenvalue weighted by Crippen LogP contribution is 2.26. The van der Waals surface area contributed by atoms with Gasteiger partial charge in [0.15, 0.2) is 11.0 Å². The van der Waals surface area contributed by atoms with E-state index in [2.05, 4.69) is 41.4 Å². The minimum absolute atomic E-state index is 0.722. The summed E-state index contributed by atoms with van der Waals surface area (Å²) in [5, 5.41) is 10.2. The van der Waals surface area contributed by atoms with Gasteiger partial charge in [0.25, 0.3) is 0 Å². The number of hydrogen-bond donors (Lipinski definition) is 0. The van der Waals surface area contributed by atoms with E-state index in [0.29, 0.717) is 0 Å². The van der Waals surface area contributed by atoms with E-state index in [1.54, 1.807) is 11.8 Å². The molecule has 0 saturated heterocycles. The van der Waals surface area contributed by atoms with Crippen LogP contribution in [-0.2, 0) is 12.8 Å². The lowest BCUT2D eigenvalue weighted by Gasteiger charge is -2.04. The van der Waals surface area contributed by atoms with E-state index in [4.69, 9.17) is 11.6 Å². The second-order valence-corrected chi connectivity index (χ2v) is 6.53. The third kappa shape index (κ3) is 3.34. The van der Waals surface area contributed by atoms with Crippen molar-refractivity contribution in [3.05, 3.63) is 64.7 Å². The van der Waals surface area contributed by atoms with E-state index in [1.807, 2.05) is 35.9 Å². The predicted molar refractivity (Wildman–Crippen MR) is 92.2 cm³/mol. The average molecular weight is 330 g/mol. The minimum Gasteiger partial charge on any atom is -0.305 e. The molecule has 0 saturated carbocycles. The maximum absolute atomic E-state index is 5.93. The molecule has 22 heavy (non-hydrogen) atoms. The van der Waals surface area contributed by atoms with Crippen LogP contribution >= 0.6 is 23.4 Å². The van der Waals surface area contributed by atoms with Gasteiger partial charge in [-0.3, -0.25) is 0 Å². The average Bonchev–Trinajstić information content (AvgIpc) is 2.89. The van der Waals surface area contributed by atoms with E-state index in [0.717, 1.165) is 27.3 Å². The van der Waals surface area contributed by atoms with E-state index in [9.17, 15) is 0 Å². The molecule has 5 heteroatoms. The fraction of sp³-hybridized carbons (Fsp3) is 0.176. The maximum Gasteiger partial charge on any atom is 0.191 e. The lowest BCUT2D eigenvalue weighted by atomic mass is 10.2. The van der Waals surface area contributed by atoms with Crippen LogP contribution in [0.4, 0.5) is 0 Å². The Kier molecular flexibility index (Phi) is 4.50. The maximum atomic E-state index is 5.93. The number of hydrogen-bond acceptors (Lipinski definition) is 3. The van der Waals surface area contributed by atoms with Crippen LogP contribution in [0.2, 0.25) is 5.02 Å². The summed E-state index contributed by atoms with van der Waals surface area (Å²) in [5.41, 5.74) is 3.57. The highest BCUT2D eigenvalue weighted by atomic mass is 35.5. The van der Waals surface area contributed by atoms with E-state index in [-0.39, 0.29) is 0 Å². The molecule has 0 N–H and O–H groups in total. The van der Waals surface area contributed by atoms with Gasteiger partial charge < -0.3 is 4.57 Å². The molecule has 0 aliphatic rings. The summed E-state index contributed by atoms with van der Waals surface area (Å²) >= 11 is 7.61. The molecule has 1 heterocycles. The van der Waals surface area contributed by atoms with Gasteiger partial charge in [-0.2, -0.15) is 0 Å². The van der Waals surface area contributed by atoms with Crippen molar-refractivity contribution in [1.82, 2.24) is 14.8 Å². The molecule has 1 aromatic heterocycles. The lowest BCUT2D eigenvalue weighted by Crippen LogP contribution is -1.95. The number of halogens is 1. The minimum atomic E-state index is 0.722. The van der Waals surface area contributed by atoms with Crippen LogP contribution in [-0.4, -0.2) is 14.8 Å². The fourth-order valence-electron chi connectivity index (χ4n) is 2.12. The van der Waals surface area contributed by atoms with Crippen molar-refractivity contribution in [2.75, 3.05) is 0 Å². The van der Waals surface area contributed by atoms with E-state index < -0.39 is 0 Å². The Morgan fingerprint density at radius 2 is 1.68 bits per heavy atom. The van der Waals surface area contributed by atoms with Crippen molar-refractivity contribution in [3.8, 4) is 11.4 Å². The standard InChI is InChI=1S/C17H16ClN3S/c1-12-3-5-13(6-4-12)11-22-17-20-19-16(21(17)2)14-7-9-15(18)10-8-14/h3-10H,11H2,1-2H3. The molecule has 3 nitrogen and oxygen atoms in total. The van der Waals surface area contributed by atoms with Crippen molar-refractivity contribution in [2.24, 2.45) is 7.05 Å². The first kappa shape index (κ1) is 15.1. The van der Waals surface area contributed by atoms with Crippen molar-refractivity contribution in [2.45, 2.75) is 17.8 Å². The first-order valence-corrected chi connectivity index (χ1v) is 8.33. The second kappa shape index (κ2) is 6.55. The molecule has 3 aromatic rings. The number of nitrogens with zero attached hydrogens (tertiary/aromatic N) is 3. The molecular weight excluding hydrogens is 314 g/mol. The van der Waals surface area contributed by atoms with Gasteiger partial charge in [0.2, 0.25) is 0 Å². The SMILES string of the molecule is Cc1ccc(CSc2nnc(-c3ccc(Cl)cc3)n2C)cc1. The Morgan fingerprint density at radius 3 is 2.36 bits per heavy atom. The van der Waals surface area contributed by atoms with Gasteiger partial charge >= 0.3 is 0 Å². The van der Waals surface area contributed by atoms with Crippen LogP contribution in [0.15, 0.2) is 53.7 Å². The number of rotatable bonds is 4. The Hall–Kier alpha value is -1.78. The summed E-state index contributed by atoms with van der Waals surface area (Å²) in [6, 6.07) is 16.2. The van der Waals surface area contributed by atoms with Gasteiger partial charge in [-0.1, -0.05) is 53.2 Å². The van der Waals surface area contributed by atoms with Crippen LogP contribution in [0.5, 0.6) is 0 Å². The third-order valence-corrected chi connectivity index (χ3v) is 4.77. The molecule has 0 aliphatic carbocycles. The number of aryl methyl sites for hydroxylation is 1. The van der Waals surface area contributed by atoms with Gasteiger partial charge in [0, 0.05) is 23.4 Å². The summed E-state index contributed by atoms with van der Waals surface area (Å²) in [5.74, 6) is 1.73. The largest absolute Gasteiger partial charge is 0.305 e. The molecule has 0 bridgehead atoms. The molecule has 0 atom stereocenters. The van der Waals surface area contributed by atoms with Crippen molar-refractivity contribution in [3.63, 3.8) is 0 Å². The molecule has 112 valence electrons. The molecule has 2 aromatic carbocycles. The Morgan fingerprint density at radius 1 is 1.00 bits per heavy atom. The lowest BCUT2D eigenvalue weighted by molar-refractivity contribution is 0.794. The molecule has 0 unspecified atom stereocenters. The molecule has 0 radical (unpaired) electrons. The third-order valence-electron chi connectivity index (χ3n) is 3.43. The zero-order valence-corrected chi connectivity index (χ0v) is 14.0. The van der Waals surface area contributed by atoms with E-state index >= 15 is 0 Å². The molecule has 0 amide bonds. The van der Waals surface area contributed by atoms with Gasteiger partial charge in [0.05, 0.1) is 0 Å². The molecule has 0 aliphatic heterocycles. The van der Waals surface area contributed by atoms with Gasteiger partial charge in [-0.15, -0.1) is 10.2 Å². The van der Waals surface area contributed by atoms with Gasteiger partial charge in [-0.05, 0) is 36.8 Å². The zero-order chi connectivity index (χ0) is 15.5. The van der Waals surface area contributed by atoms with Gasteiger partial charge in [-0.25, -0.2) is 0 Å². The van der Waals surface area contributed by atoms with Crippen molar-refractivity contribution < 1.29 is 0 Å². The number of benzene rings is 2.